The largest absolute Gasteiger partial charge is 0.369 e. The highest BCUT2D eigenvalue weighted by Gasteiger charge is 2.32. The van der Waals surface area contributed by atoms with Gasteiger partial charge in [0.1, 0.15) is 0 Å². The van der Waals surface area contributed by atoms with Crippen molar-refractivity contribution in [3.8, 4) is 0 Å². The molecule has 1 atom stereocenters. The molecule has 0 radical (unpaired) electrons. The van der Waals surface area contributed by atoms with Gasteiger partial charge in [-0.15, -0.1) is 0 Å². The molecule has 0 aliphatic heterocycles. The van der Waals surface area contributed by atoms with E-state index in [1.54, 1.807) is 6.07 Å². The van der Waals surface area contributed by atoms with Gasteiger partial charge in [0.25, 0.3) is 5.56 Å². The lowest BCUT2D eigenvalue weighted by molar-refractivity contribution is 0.104. The van der Waals surface area contributed by atoms with Gasteiger partial charge in [-0.05, 0) is 6.07 Å². The van der Waals surface area contributed by atoms with Crippen LogP contribution in [0.5, 0.6) is 0 Å². The average Bonchev–Trinajstić information content (AvgIpc) is 2.02. The molecule has 1 heterocycles. The van der Waals surface area contributed by atoms with Crippen LogP contribution < -0.4 is 5.56 Å². The Hall–Kier alpha value is -0.220. The van der Waals surface area contributed by atoms with Gasteiger partial charge >= 0.3 is 0 Å². The lowest BCUT2D eigenvalue weighted by Crippen LogP contribution is -2.31. The Bertz CT molecular complexity index is 344. The van der Waals surface area contributed by atoms with E-state index in [0.717, 1.165) is 4.57 Å². The molecular weight excluding hydrogens is 236 g/mol. The van der Waals surface area contributed by atoms with Gasteiger partial charge in [0.2, 0.25) is 3.79 Å². The van der Waals surface area contributed by atoms with Crippen LogP contribution in [0, 0.1) is 0 Å². The van der Waals surface area contributed by atoms with Crippen molar-refractivity contribution in [2.75, 3.05) is 0 Å². The van der Waals surface area contributed by atoms with E-state index < -0.39 is 15.6 Å². The summed E-state index contributed by atoms with van der Waals surface area (Å²) < 4.78 is -0.974. The minimum Gasteiger partial charge on any atom is -0.369 e. The summed E-state index contributed by atoms with van der Waals surface area (Å²) in [6.07, 6.45) is -0.138. The Morgan fingerprint density at radius 3 is 2.46 bits per heavy atom. The second-order valence-corrected chi connectivity index (χ2v) is 4.73. The molecule has 0 unspecified atom stereocenters. The highest BCUT2D eigenvalue weighted by atomic mass is 35.6. The smallest absolute Gasteiger partial charge is 0.252 e. The quantitative estimate of drug-likeness (QED) is 0.762. The number of aliphatic hydroxyl groups is 1. The topological polar surface area (TPSA) is 42.2 Å². The van der Waals surface area contributed by atoms with Gasteiger partial charge in [-0.3, -0.25) is 9.36 Å². The summed E-state index contributed by atoms with van der Waals surface area (Å²) in [7, 11) is 0. The first-order chi connectivity index (χ1) is 5.93. The van der Waals surface area contributed by atoms with E-state index in [9.17, 15) is 9.90 Å². The van der Waals surface area contributed by atoms with Crippen LogP contribution in [0.15, 0.2) is 29.2 Å². The van der Waals surface area contributed by atoms with Gasteiger partial charge in [0.05, 0.1) is 0 Å². The first-order valence-electron chi connectivity index (χ1n) is 3.35. The number of nitrogens with zero attached hydrogens (tertiary/aromatic N) is 1. The van der Waals surface area contributed by atoms with Crippen molar-refractivity contribution < 1.29 is 5.11 Å². The van der Waals surface area contributed by atoms with Gasteiger partial charge in [-0.25, -0.2) is 0 Å². The molecule has 0 saturated heterocycles. The van der Waals surface area contributed by atoms with Crippen LogP contribution in [0.2, 0.25) is 0 Å². The lowest BCUT2D eigenvalue weighted by atomic mass is 10.4. The number of aliphatic hydroxyl groups excluding tert-OH is 1. The zero-order chi connectivity index (χ0) is 10.1. The van der Waals surface area contributed by atoms with Gasteiger partial charge in [-0.2, -0.15) is 0 Å². The minimum atomic E-state index is -1.91. The molecule has 0 fully saturated rings. The molecule has 1 aromatic rings. The Balaban J connectivity index is 3.10. The fourth-order valence-corrected chi connectivity index (χ4v) is 1.11. The minimum absolute atomic E-state index is 0.429. The van der Waals surface area contributed by atoms with Crippen LogP contribution in [-0.2, 0) is 0 Å². The van der Waals surface area contributed by atoms with Crippen molar-refractivity contribution in [2.45, 2.75) is 10.0 Å². The van der Waals surface area contributed by atoms with Crippen LogP contribution in [0.4, 0.5) is 0 Å². The Kier molecular flexibility index (Phi) is 3.24. The molecule has 0 aliphatic carbocycles. The summed E-state index contributed by atoms with van der Waals surface area (Å²) in [5.74, 6) is 0. The summed E-state index contributed by atoms with van der Waals surface area (Å²) in [6.45, 7) is 0. The molecule has 6 heteroatoms. The Morgan fingerprint density at radius 2 is 2.00 bits per heavy atom. The summed E-state index contributed by atoms with van der Waals surface area (Å²) in [5, 5.41) is 9.40. The van der Waals surface area contributed by atoms with Crippen molar-refractivity contribution in [3.05, 3.63) is 34.7 Å². The average molecular weight is 242 g/mol. The lowest BCUT2D eigenvalue weighted by Gasteiger charge is -2.20. The number of halogens is 3. The van der Waals surface area contributed by atoms with E-state index in [1.807, 2.05) is 0 Å². The number of alkyl halides is 3. The molecule has 1 N–H and O–H groups in total. The van der Waals surface area contributed by atoms with Crippen molar-refractivity contribution in [1.29, 1.82) is 0 Å². The molecule has 1 rings (SSSR count). The van der Waals surface area contributed by atoms with E-state index in [2.05, 4.69) is 0 Å². The summed E-state index contributed by atoms with van der Waals surface area (Å²) in [6, 6.07) is 4.35. The number of rotatable bonds is 1. The van der Waals surface area contributed by atoms with Crippen molar-refractivity contribution >= 4 is 34.8 Å². The van der Waals surface area contributed by atoms with Crippen molar-refractivity contribution in [2.24, 2.45) is 0 Å². The van der Waals surface area contributed by atoms with Crippen LogP contribution >= 0.6 is 34.8 Å². The number of pyridine rings is 1. The van der Waals surface area contributed by atoms with Crippen molar-refractivity contribution in [1.82, 2.24) is 4.57 Å². The summed E-state index contributed by atoms with van der Waals surface area (Å²) in [4.78, 5) is 11.1. The number of aromatic nitrogens is 1. The fourth-order valence-electron chi connectivity index (χ4n) is 0.800. The standard InChI is InChI=1S/C7H6Cl3NO2/c8-7(9,10)6(13)11-4-2-1-3-5(11)12/h1-4,6,13H/t6-/m1/s1. The first-order valence-corrected chi connectivity index (χ1v) is 4.48. The van der Waals surface area contributed by atoms with Crippen molar-refractivity contribution in [3.63, 3.8) is 0 Å². The Morgan fingerprint density at radius 1 is 1.38 bits per heavy atom. The predicted molar refractivity (Wildman–Crippen MR) is 52.2 cm³/mol. The molecule has 3 nitrogen and oxygen atoms in total. The summed E-state index contributed by atoms with van der Waals surface area (Å²) >= 11 is 16.2. The van der Waals surface area contributed by atoms with Gasteiger partial charge in [0, 0.05) is 12.3 Å². The molecule has 0 saturated carbocycles. The molecule has 0 amide bonds. The zero-order valence-electron chi connectivity index (χ0n) is 6.32. The zero-order valence-corrected chi connectivity index (χ0v) is 8.59. The predicted octanol–water partition coefficient (Wildman–Crippen LogP) is 1.71. The van der Waals surface area contributed by atoms with Crippen LogP contribution in [0.3, 0.4) is 0 Å². The van der Waals surface area contributed by atoms with E-state index in [4.69, 9.17) is 34.8 Å². The fraction of sp³-hybridized carbons (Fsp3) is 0.286. The molecule has 0 aliphatic rings. The number of hydrogen-bond acceptors (Lipinski definition) is 2. The molecule has 0 spiro atoms. The van der Waals surface area contributed by atoms with Crippen LogP contribution in [-0.4, -0.2) is 13.5 Å². The highest BCUT2D eigenvalue weighted by Crippen LogP contribution is 2.35. The monoisotopic (exact) mass is 241 g/mol. The first kappa shape index (κ1) is 10.9. The van der Waals surface area contributed by atoms with Gasteiger partial charge in [-0.1, -0.05) is 40.9 Å². The molecular formula is C7H6Cl3NO2. The summed E-state index contributed by atoms with van der Waals surface area (Å²) in [5.41, 5.74) is -0.429. The van der Waals surface area contributed by atoms with E-state index in [-0.39, 0.29) is 0 Å². The van der Waals surface area contributed by atoms with Gasteiger partial charge in [0.15, 0.2) is 6.23 Å². The maximum absolute atomic E-state index is 11.1. The highest BCUT2D eigenvalue weighted by molar-refractivity contribution is 6.67. The second kappa shape index (κ2) is 3.88. The number of hydrogen-bond donors (Lipinski definition) is 1. The molecule has 0 aromatic carbocycles. The second-order valence-electron chi connectivity index (χ2n) is 2.36. The van der Waals surface area contributed by atoms with Crippen LogP contribution in [0.1, 0.15) is 6.23 Å². The maximum Gasteiger partial charge on any atom is 0.252 e. The SMILES string of the molecule is O=c1ccccn1[C@H](O)C(Cl)(Cl)Cl. The van der Waals surface area contributed by atoms with E-state index in [1.165, 1.54) is 18.3 Å². The molecule has 72 valence electrons. The third kappa shape index (κ3) is 2.61. The molecule has 0 bridgehead atoms. The van der Waals surface area contributed by atoms with E-state index >= 15 is 0 Å². The normalized spacial score (nSPS) is 14.2. The van der Waals surface area contributed by atoms with Gasteiger partial charge < -0.3 is 5.11 Å². The Labute approximate surface area is 89.5 Å². The third-order valence-corrected chi connectivity index (χ3v) is 1.99. The maximum atomic E-state index is 11.1. The van der Waals surface area contributed by atoms with Crippen LogP contribution in [0.25, 0.3) is 0 Å². The molecule has 1 aromatic heterocycles. The molecule has 13 heavy (non-hydrogen) atoms. The van der Waals surface area contributed by atoms with E-state index in [0.29, 0.717) is 0 Å². The third-order valence-electron chi connectivity index (χ3n) is 1.41.